The molecule has 1 aromatic rings. The molecule has 0 heterocycles. The molecular formula is C9H6F3NO2S. The number of nitrogens with zero attached hydrogens (tertiary/aromatic N) is 1. The van der Waals surface area contributed by atoms with Crippen LogP contribution in [0.3, 0.4) is 0 Å². The average molecular weight is 249 g/mol. The topological polar surface area (TPSA) is 57.9 Å². The third-order valence-electron chi connectivity index (χ3n) is 1.84. The molecule has 0 aromatic heterocycles. The van der Waals surface area contributed by atoms with Gasteiger partial charge < -0.3 is 0 Å². The second-order valence-electron chi connectivity index (χ2n) is 2.89. The van der Waals surface area contributed by atoms with E-state index in [0.717, 1.165) is 6.07 Å². The zero-order chi connectivity index (χ0) is 12.4. The van der Waals surface area contributed by atoms with Crippen LogP contribution in [0.2, 0.25) is 0 Å². The Morgan fingerprint density at radius 2 is 1.81 bits per heavy atom. The summed E-state index contributed by atoms with van der Waals surface area (Å²) in [7, 11) is -5.38. The lowest BCUT2D eigenvalue weighted by molar-refractivity contribution is -0.0436. The third kappa shape index (κ3) is 2.17. The van der Waals surface area contributed by atoms with Crippen LogP contribution >= 0.6 is 0 Å². The van der Waals surface area contributed by atoms with Crippen molar-refractivity contribution in [2.24, 2.45) is 0 Å². The van der Waals surface area contributed by atoms with Gasteiger partial charge in [0.1, 0.15) is 0 Å². The van der Waals surface area contributed by atoms with Gasteiger partial charge in [-0.3, -0.25) is 0 Å². The van der Waals surface area contributed by atoms with Crippen molar-refractivity contribution in [2.75, 3.05) is 0 Å². The fourth-order valence-electron chi connectivity index (χ4n) is 1.12. The largest absolute Gasteiger partial charge is 0.501 e. The zero-order valence-corrected chi connectivity index (χ0v) is 8.64. The van der Waals surface area contributed by atoms with Crippen LogP contribution < -0.4 is 0 Å². The third-order valence-corrected chi connectivity index (χ3v) is 3.42. The summed E-state index contributed by atoms with van der Waals surface area (Å²) >= 11 is 0. The summed E-state index contributed by atoms with van der Waals surface area (Å²) in [4.78, 5) is -0.857. The predicted molar refractivity (Wildman–Crippen MR) is 49.0 cm³/mol. The molecule has 1 aromatic carbocycles. The Hall–Kier alpha value is -1.55. The number of hydrogen-bond acceptors (Lipinski definition) is 3. The minimum atomic E-state index is -5.38. The fourth-order valence-corrected chi connectivity index (χ4v) is 2.11. The fraction of sp³-hybridized carbons (Fsp3) is 0.222. The lowest BCUT2D eigenvalue weighted by atomic mass is 10.2. The smallest absolute Gasteiger partial charge is 0.214 e. The van der Waals surface area contributed by atoms with Gasteiger partial charge >= 0.3 is 5.51 Å². The van der Waals surface area contributed by atoms with Crippen molar-refractivity contribution in [2.45, 2.75) is 16.8 Å². The average Bonchev–Trinajstić information content (AvgIpc) is 2.17. The molecule has 0 N–H and O–H groups in total. The van der Waals surface area contributed by atoms with E-state index in [1.54, 1.807) is 6.07 Å². The predicted octanol–water partition coefficient (Wildman–Crippen LogP) is 2.05. The van der Waals surface area contributed by atoms with Crippen LogP contribution in [0.1, 0.15) is 5.56 Å². The normalized spacial score (nSPS) is 12.1. The number of halogens is 3. The van der Waals surface area contributed by atoms with Crippen LogP contribution in [0.25, 0.3) is 0 Å². The summed E-state index contributed by atoms with van der Waals surface area (Å²) in [5.74, 6) is 0. The van der Waals surface area contributed by atoms with E-state index in [1.165, 1.54) is 18.2 Å². The van der Waals surface area contributed by atoms with Gasteiger partial charge in [-0.2, -0.15) is 18.4 Å². The standard InChI is InChI=1S/C9H6F3NO2S/c10-9(11,12)16(14,15)8-4-2-1-3-7(8)5-6-13/h1-4H,5H2. The Morgan fingerprint density at radius 3 is 2.31 bits per heavy atom. The molecule has 0 spiro atoms. The van der Waals surface area contributed by atoms with Crippen LogP contribution in [-0.4, -0.2) is 13.9 Å². The maximum absolute atomic E-state index is 12.3. The van der Waals surface area contributed by atoms with Crippen LogP contribution in [0.15, 0.2) is 29.2 Å². The van der Waals surface area contributed by atoms with Crippen molar-refractivity contribution in [3.8, 4) is 6.07 Å². The Morgan fingerprint density at radius 1 is 1.25 bits per heavy atom. The summed E-state index contributed by atoms with van der Waals surface area (Å²) in [5.41, 5.74) is -5.50. The maximum atomic E-state index is 12.3. The van der Waals surface area contributed by atoms with Gasteiger partial charge in [0.25, 0.3) is 9.84 Å². The lowest BCUT2D eigenvalue weighted by Gasteiger charge is -2.10. The zero-order valence-electron chi connectivity index (χ0n) is 7.82. The molecule has 7 heteroatoms. The van der Waals surface area contributed by atoms with Crippen molar-refractivity contribution < 1.29 is 21.6 Å². The quantitative estimate of drug-likeness (QED) is 0.805. The molecule has 0 radical (unpaired) electrons. The molecule has 0 aliphatic rings. The Kier molecular flexibility index (Phi) is 3.24. The van der Waals surface area contributed by atoms with Crippen molar-refractivity contribution in [3.63, 3.8) is 0 Å². The number of nitriles is 1. The van der Waals surface area contributed by atoms with Gasteiger partial charge in [0.05, 0.1) is 17.4 Å². The Bertz CT molecular complexity index is 528. The van der Waals surface area contributed by atoms with E-state index >= 15 is 0 Å². The monoisotopic (exact) mass is 249 g/mol. The highest BCUT2D eigenvalue weighted by Gasteiger charge is 2.47. The minimum absolute atomic E-state index is 0.151. The van der Waals surface area contributed by atoms with E-state index in [2.05, 4.69) is 0 Å². The summed E-state index contributed by atoms with van der Waals surface area (Å²) in [6.07, 6.45) is -0.383. The van der Waals surface area contributed by atoms with E-state index in [0.29, 0.717) is 0 Å². The molecule has 0 aliphatic carbocycles. The molecule has 0 fully saturated rings. The molecule has 1 rings (SSSR count). The Balaban J connectivity index is 3.41. The van der Waals surface area contributed by atoms with Gasteiger partial charge in [-0.05, 0) is 11.6 Å². The minimum Gasteiger partial charge on any atom is -0.214 e. The second-order valence-corrected chi connectivity index (χ2v) is 4.80. The molecule has 0 atom stereocenters. The number of sulfone groups is 1. The second kappa shape index (κ2) is 4.14. The van der Waals surface area contributed by atoms with E-state index in [4.69, 9.17) is 5.26 Å². The lowest BCUT2D eigenvalue weighted by Crippen LogP contribution is -2.24. The summed E-state index contributed by atoms with van der Waals surface area (Å²) in [5, 5.41) is 8.39. The molecule has 0 unspecified atom stereocenters. The van der Waals surface area contributed by atoms with Gasteiger partial charge in [-0.1, -0.05) is 18.2 Å². The van der Waals surface area contributed by atoms with Gasteiger partial charge in [0, 0.05) is 0 Å². The maximum Gasteiger partial charge on any atom is 0.501 e. The molecule has 0 amide bonds. The van der Waals surface area contributed by atoms with Gasteiger partial charge in [-0.15, -0.1) is 0 Å². The van der Waals surface area contributed by atoms with Crippen LogP contribution in [0, 0.1) is 11.3 Å². The molecular weight excluding hydrogens is 243 g/mol. The van der Waals surface area contributed by atoms with Crippen LogP contribution in [-0.2, 0) is 16.3 Å². The molecule has 86 valence electrons. The van der Waals surface area contributed by atoms with Crippen LogP contribution in [0.4, 0.5) is 13.2 Å². The van der Waals surface area contributed by atoms with Crippen molar-refractivity contribution in [3.05, 3.63) is 29.8 Å². The summed E-state index contributed by atoms with van der Waals surface area (Å²) in [6.45, 7) is 0. The highest BCUT2D eigenvalue weighted by Crippen LogP contribution is 2.32. The Labute approximate surface area is 90.0 Å². The van der Waals surface area contributed by atoms with Crippen molar-refractivity contribution >= 4 is 9.84 Å². The molecule has 0 saturated heterocycles. The first-order chi connectivity index (χ1) is 7.30. The first kappa shape index (κ1) is 12.5. The van der Waals surface area contributed by atoms with Crippen molar-refractivity contribution in [1.82, 2.24) is 0 Å². The molecule has 0 saturated carbocycles. The van der Waals surface area contributed by atoms with Gasteiger partial charge in [0.15, 0.2) is 0 Å². The molecule has 3 nitrogen and oxygen atoms in total. The van der Waals surface area contributed by atoms with E-state index in [9.17, 15) is 21.6 Å². The van der Waals surface area contributed by atoms with E-state index < -0.39 is 20.2 Å². The highest BCUT2D eigenvalue weighted by atomic mass is 32.2. The number of benzene rings is 1. The molecule has 0 aliphatic heterocycles. The number of alkyl halides is 3. The molecule has 16 heavy (non-hydrogen) atoms. The van der Waals surface area contributed by atoms with Gasteiger partial charge in [0.2, 0.25) is 0 Å². The van der Waals surface area contributed by atoms with E-state index in [-0.39, 0.29) is 12.0 Å². The highest BCUT2D eigenvalue weighted by molar-refractivity contribution is 7.92. The summed E-state index contributed by atoms with van der Waals surface area (Å²) < 4.78 is 59.0. The number of rotatable bonds is 2. The molecule has 0 bridgehead atoms. The first-order valence-electron chi connectivity index (χ1n) is 4.07. The number of hydrogen-bond donors (Lipinski definition) is 0. The SMILES string of the molecule is N#CCc1ccccc1S(=O)(=O)C(F)(F)F. The first-order valence-corrected chi connectivity index (χ1v) is 5.55. The summed E-state index contributed by atoms with van der Waals surface area (Å²) in [6, 6.07) is 6.20. The van der Waals surface area contributed by atoms with Crippen molar-refractivity contribution in [1.29, 1.82) is 5.26 Å². The van der Waals surface area contributed by atoms with Gasteiger partial charge in [-0.25, -0.2) is 8.42 Å². The van der Waals surface area contributed by atoms with E-state index in [1.807, 2.05) is 0 Å². The van der Waals surface area contributed by atoms with Crippen LogP contribution in [0.5, 0.6) is 0 Å².